The lowest BCUT2D eigenvalue weighted by Crippen LogP contribution is -2.50. The number of carbonyl (C=O) groups is 3. The van der Waals surface area contributed by atoms with Crippen LogP contribution in [0.3, 0.4) is 0 Å². The summed E-state index contributed by atoms with van der Waals surface area (Å²) in [4.78, 5) is 37.0. The van der Waals surface area contributed by atoms with Crippen LogP contribution < -0.4 is 0 Å². The summed E-state index contributed by atoms with van der Waals surface area (Å²) in [5.74, 6) is -1.57. The van der Waals surface area contributed by atoms with Crippen LogP contribution in [0, 0.1) is 0 Å². The molecule has 1 N–H and O–H groups in total. The van der Waals surface area contributed by atoms with E-state index in [0.29, 0.717) is 19.3 Å². The fourth-order valence-corrected chi connectivity index (χ4v) is 6.61. The molecule has 2 unspecified atom stereocenters. The van der Waals surface area contributed by atoms with E-state index in [2.05, 4.69) is 62.5 Å². The van der Waals surface area contributed by atoms with Crippen LogP contribution in [0.2, 0.25) is 0 Å². The smallest absolute Gasteiger partial charge is 0.362 e. The molecule has 0 spiro atoms. The van der Waals surface area contributed by atoms with Crippen molar-refractivity contribution in [2.45, 2.75) is 199 Å². The average molecular weight is 815 g/mol. The predicted octanol–water partition coefficient (Wildman–Crippen LogP) is 13.0. The molecule has 0 amide bonds. The summed E-state index contributed by atoms with van der Waals surface area (Å²) in [6.07, 6.45) is 50.0. The molecule has 0 saturated heterocycles. The molecule has 0 aromatic heterocycles. The number of nitrogens with zero attached hydrogens (tertiary/aromatic N) is 1. The maximum atomic E-state index is 12.7. The van der Waals surface area contributed by atoms with E-state index < -0.39 is 18.1 Å². The summed E-state index contributed by atoms with van der Waals surface area (Å²) >= 11 is 0. The Morgan fingerprint density at radius 1 is 0.534 bits per heavy atom. The van der Waals surface area contributed by atoms with Gasteiger partial charge in [-0.1, -0.05) is 184 Å². The first-order valence-electron chi connectivity index (χ1n) is 23.3. The highest BCUT2D eigenvalue weighted by molar-refractivity contribution is 5.72. The van der Waals surface area contributed by atoms with Gasteiger partial charge in [0.15, 0.2) is 12.1 Å². The minimum Gasteiger partial charge on any atom is -0.477 e. The number of quaternary nitrogens is 1. The molecule has 0 radical (unpaired) electrons. The Hall–Kier alpha value is -2.97. The fourth-order valence-electron chi connectivity index (χ4n) is 6.61. The van der Waals surface area contributed by atoms with Crippen LogP contribution in [0.1, 0.15) is 187 Å². The second kappa shape index (κ2) is 40.8. The van der Waals surface area contributed by atoms with E-state index >= 15 is 0 Å². The van der Waals surface area contributed by atoms with Gasteiger partial charge in [-0.05, 0) is 44.9 Å². The molecule has 0 aromatic rings. The Labute approximate surface area is 356 Å². The SMILES string of the molecule is CC/C=C/C/C=C/C/C=C/C/C=C/C/C=C/CCC(=O)OCC(COCCC(C(=O)O)[N+](C)(C)C)OC(=O)CCCCCCCCCCCCCCCCCCCC. The van der Waals surface area contributed by atoms with Gasteiger partial charge >= 0.3 is 17.9 Å². The van der Waals surface area contributed by atoms with Crippen molar-refractivity contribution in [1.29, 1.82) is 0 Å². The van der Waals surface area contributed by atoms with Gasteiger partial charge in [-0.2, -0.15) is 0 Å². The van der Waals surface area contributed by atoms with Crippen molar-refractivity contribution in [2.75, 3.05) is 41.0 Å². The third-order valence-corrected chi connectivity index (χ3v) is 10.2. The average Bonchev–Trinajstić information content (AvgIpc) is 3.18. The molecular weight excluding hydrogens is 727 g/mol. The Morgan fingerprint density at radius 3 is 1.40 bits per heavy atom. The van der Waals surface area contributed by atoms with E-state index in [-0.39, 0.29) is 42.7 Å². The summed E-state index contributed by atoms with van der Waals surface area (Å²) in [6.45, 7) is 4.55. The quantitative estimate of drug-likeness (QED) is 0.0284. The van der Waals surface area contributed by atoms with Gasteiger partial charge in [0.1, 0.15) is 6.61 Å². The Balaban J connectivity index is 4.39. The van der Waals surface area contributed by atoms with Crippen LogP contribution in [0.25, 0.3) is 0 Å². The molecule has 0 aliphatic carbocycles. The van der Waals surface area contributed by atoms with Gasteiger partial charge in [0, 0.05) is 19.3 Å². The van der Waals surface area contributed by atoms with Gasteiger partial charge in [-0.3, -0.25) is 9.59 Å². The number of likely N-dealkylation sites (N-methyl/N-ethyl adjacent to an activating group) is 1. The molecule has 58 heavy (non-hydrogen) atoms. The standard InChI is InChI=1S/C50H87NO7/c1-6-8-10-12-14-16-18-20-22-24-25-27-29-31-33-35-37-39-41-49(53)58-46(44-56-43-42-47(50(54)55)51(3,4)5)45-57-48(52)40-38-36-34-32-30-28-26-23-21-19-17-15-13-11-9-7-2/h9,11,15,17,21,23,28,30,34,36,46-47H,6-8,10,12-14,16,18-20,22,24-27,29,31-33,35,37-45H2,1-5H3/p+1/b11-9+,17-15+,23-21+,30-28+,36-34+. The monoisotopic (exact) mass is 815 g/mol. The van der Waals surface area contributed by atoms with Crippen LogP contribution in [-0.2, 0) is 28.6 Å². The molecule has 0 aliphatic heterocycles. The number of hydrogen-bond donors (Lipinski definition) is 1. The highest BCUT2D eigenvalue weighted by Gasteiger charge is 2.31. The van der Waals surface area contributed by atoms with Crippen molar-refractivity contribution in [2.24, 2.45) is 0 Å². The van der Waals surface area contributed by atoms with Crippen molar-refractivity contribution in [3.8, 4) is 0 Å². The van der Waals surface area contributed by atoms with E-state index in [0.717, 1.165) is 51.4 Å². The van der Waals surface area contributed by atoms with Crippen LogP contribution in [0.5, 0.6) is 0 Å². The van der Waals surface area contributed by atoms with Gasteiger partial charge in [-0.15, -0.1) is 0 Å². The lowest BCUT2D eigenvalue weighted by molar-refractivity contribution is -0.887. The van der Waals surface area contributed by atoms with Crippen molar-refractivity contribution >= 4 is 17.9 Å². The van der Waals surface area contributed by atoms with Crippen molar-refractivity contribution < 1.29 is 38.2 Å². The normalized spacial score (nSPS) is 13.5. The molecule has 8 heteroatoms. The molecule has 334 valence electrons. The Bertz CT molecular complexity index is 1130. The number of carbonyl (C=O) groups excluding carboxylic acids is 2. The van der Waals surface area contributed by atoms with Gasteiger partial charge in [0.05, 0.1) is 34.4 Å². The Morgan fingerprint density at radius 2 is 0.966 bits per heavy atom. The van der Waals surface area contributed by atoms with E-state index in [9.17, 15) is 19.5 Å². The van der Waals surface area contributed by atoms with E-state index in [1.54, 1.807) is 0 Å². The van der Waals surface area contributed by atoms with Crippen LogP contribution in [0.15, 0.2) is 60.8 Å². The number of aliphatic carboxylic acids is 1. The van der Waals surface area contributed by atoms with E-state index in [1.807, 2.05) is 33.3 Å². The number of hydrogen-bond acceptors (Lipinski definition) is 6. The number of esters is 2. The van der Waals surface area contributed by atoms with E-state index in [4.69, 9.17) is 14.2 Å². The molecule has 0 bridgehead atoms. The summed E-state index contributed by atoms with van der Waals surface area (Å²) in [5, 5.41) is 9.63. The zero-order chi connectivity index (χ0) is 42.8. The first kappa shape index (κ1) is 55.0. The molecule has 2 atom stereocenters. The maximum absolute atomic E-state index is 12.7. The Kier molecular flexibility index (Phi) is 38.7. The molecule has 0 fully saturated rings. The number of carboxylic acid groups (broad SMARTS) is 1. The molecule has 0 heterocycles. The summed E-state index contributed by atoms with van der Waals surface area (Å²) in [5.41, 5.74) is 0. The van der Waals surface area contributed by atoms with Gasteiger partial charge in [0.25, 0.3) is 0 Å². The van der Waals surface area contributed by atoms with Gasteiger partial charge < -0.3 is 23.8 Å². The molecule has 0 saturated carbocycles. The topological polar surface area (TPSA) is 99.1 Å². The fraction of sp³-hybridized carbons (Fsp3) is 0.740. The molecule has 0 aromatic carbocycles. The first-order valence-corrected chi connectivity index (χ1v) is 23.3. The number of allylic oxidation sites excluding steroid dienone is 10. The minimum absolute atomic E-state index is 0.0381. The highest BCUT2D eigenvalue weighted by Crippen LogP contribution is 2.15. The van der Waals surface area contributed by atoms with Crippen LogP contribution in [-0.4, -0.2) is 80.6 Å². The second-order valence-corrected chi connectivity index (χ2v) is 16.6. The minimum atomic E-state index is -0.884. The summed E-state index contributed by atoms with van der Waals surface area (Å²) in [7, 11) is 5.51. The molecule has 0 aliphatic rings. The van der Waals surface area contributed by atoms with Gasteiger partial charge in [0.2, 0.25) is 0 Å². The first-order chi connectivity index (χ1) is 28.1. The van der Waals surface area contributed by atoms with Crippen molar-refractivity contribution in [3.05, 3.63) is 60.8 Å². The lowest BCUT2D eigenvalue weighted by Gasteiger charge is -2.31. The molecular formula is C50H88NO7+. The van der Waals surface area contributed by atoms with Crippen molar-refractivity contribution in [3.63, 3.8) is 0 Å². The second-order valence-electron chi connectivity index (χ2n) is 16.6. The number of unbranched alkanes of at least 4 members (excludes halogenated alkanes) is 17. The van der Waals surface area contributed by atoms with Crippen LogP contribution in [0.4, 0.5) is 0 Å². The number of rotatable bonds is 41. The number of carboxylic acids is 1. The summed E-state index contributed by atoms with van der Waals surface area (Å²) in [6, 6.07) is -0.626. The van der Waals surface area contributed by atoms with Crippen LogP contribution >= 0.6 is 0 Å². The number of ether oxygens (including phenoxy) is 3. The van der Waals surface area contributed by atoms with Crippen molar-refractivity contribution in [1.82, 2.24) is 0 Å². The third kappa shape index (κ3) is 38.5. The summed E-state index contributed by atoms with van der Waals surface area (Å²) < 4.78 is 17.2. The molecule has 8 nitrogen and oxygen atoms in total. The zero-order valence-electron chi connectivity index (χ0n) is 38.0. The molecule has 0 rings (SSSR count). The van der Waals surface area contributed by atoms with E-state index in [1.165, 1.54) is 96.3 Å². The largest absolute Gasteiger partial charge is 0.477 e. The third-order valence-electron chi connectivity index (χ3n) is 10.2. The lowest BCUT2D eigenvalue weighted by atomic mass is 10.0. The predicted molar refractivity (Wildman–Crippen MR) is 243 cm³/mol. The zero-order valence-corrected chi connectivity index (χ0v) is 38.0. The van der Waals surface area contributed by atoms with Gasteiger partial charge in [-0.25, -0.2) is 4.79 Å². The highest BCUT2D eigenvalue weighted by atomic mass is 16.6. The maximum Gasteiger partial charge on any atom is 0.362 e.